The van der Waals surface area contributed by atoms with Crippen molar-refractivity contribution < 1.29 is 23.8 Å². The third-order valence-electron chi connectivity index (χ3n) is 7.37. The van der Waals surface area contributed by atoms with E-state index in [1.165, 1.54) is 39.1 Å². The first-order valence-electron chi connectivity index (χ1n) is 12.2. The van der Waals surface area contributed by atoms with Gasteiger partial charge in [-0.1, -0.05) is 35.6 Å². The number of benzene rings is 2. The zero-order chi connectivity index (χ0) is 26.1. The monoisotopic (exact) mass is 530 g/mol. The van der Waals surface area contributed by atoms with Crippen molar-refractivity contribution in [2.24, 2.45) is 0 Å². The molecule has 4 aromatic rings. The van der Waals surface area contributed by atoms with Crippen LogP contribution in [0.15, 0.2) is 53.3 Å². The van der Waals surface area contributed by atoms with Gasteiger partial charge in [0.1, 0.15) is 17.7 Å². The average molecular weight is 531 g/mol. The molecule has 2 aromatic heterocycles. The van der Waals surface area contributed by atoms with E-state index in [1.54, 1.807) is 13.2 Å². The molecule has 1 amide bonds. The molecule has 1 saturated heterocycles. The number of nitrogens with one attached hydrogen (secondary N) is 1. The van der Waals surface area contributed by atoms with E-state index >= 15 is 0 Å². The summed E-state index contributed by atoms with van der Waals surface area (Å²) in [6.45, 7) is 0.930. The maximum Gasteiger partial charge on any atom is 0.273 e. The number of hydrogen-bond donors (Lipinski definition) is 1. The number of pyridine rings is 1. The van der Waals surface area contributed by atoms with E-state index in [0.29, 0.717) is 30.8 Å². The average Bonchev–Trinajstić information content (AvgIpc) is 3.30. The number of rotatable bonds is 2. The minimum Gasteiger partial charge on any atom is -0.868 e. The highest BCUT2D eigenvalue weighted by Gasteiger charge is 2.36. The summed E-state index contributed by atoms with van der Waals surface area (Å²) in [5.74, 6) is -1.69. The lowest BCUT2D eigenvalue weighted by atomic mass is 9.91. The lowest BCUT2D eigenvalue weighted by Crippen LogP contribution is -2.59. The second-order valence-corrected chi connectivity index (χ2v) is 10.5. The number of thiophene rings is 1. The van der Waals surface area contributed by atoms with Gasteiger partial charge in [0.2, 0.25) is 0 Å². The Bertz CT molecular complexity index is 1710. The second-order valence-electron chi connectivity index (χ2n) is 9.45. The van der Waals surface area contributed by atoms with Crippen LogP contribution in [0.1, 0.15) is 21.6 Å². The Morgan fingerprint density at radius 1 is 1.11 bits per heavy atom. The van der Waals surface area contributed by atoms with Crippen molar-refractivity contribution in [2.75, 3.05) is 32.3 Å². The molecule has 0 unspecified atom stereocenters. The zero-order valence-electron chi connectivity index (χ0n) is 20.2. The van der Waals surface area contributed by atoms with E-state index in [0.717, 1.165) is 37.8 Å². The second kappa shape index (κ2) is 8.44. The van der Waals surface area contributed by atoms with Gasteiger partial charge in [-0.25, -0.2) is 4.39 Å². The first kappa shape index (κ1) is 23.0. The third-order valence-corrected chi connectivity index (χ3v) is 8.50. The van der Waals surface area contributed by atoms with Crippen molar-refractivity contribution in [3.8, 4) is 43.6 Å². The Hall–Kier alpha value is -4.15. The van der Waals surface area contributed by atoms with Crippen molar-refractivity contribution in [1.29, 1.82) is 0 Å². The van der Waals surface area contributed by atoms with Gasteiger partial charge in [-0.3, -0.25) is 14.3 Å². The van der Waals surface area contributed by atoms with Crippen LogP contribution in [0, 0.1) is 5.82 Å². The first-order chi connectivity index (χ1) is 18.4. The molecule has 2 aliphatic heterocycles. The van der Waals surface area contributed by atoms with Gasteiger partial charge in [0.25, 0.3) is 5.91 Å². The zero-order valence-corrected chi connectivity index (χ0v) is 21.1. The third kappa shape index (κ3) is 3.30. The van der Waals surface area contributed by atoms with Gasteiger partial charge < -0.3 is 24.9 Å². The van der Waals surface area contributed by atoms with Crippen molar-refractivity contribution >= 4 is 17.2 Å². The molecule has 1 fully saturated rings. The number of amides is 1. The van der Waals surface area contributed by atoms with Crippen LogP contribution in [0.5, 0.6) is 10.8 Å². The number of nitrogens with zero attached hydrogens (tertiary/aromatic N) is 2. The van der Waals surface area contributed by atoms with Crippen LogP contribution in [0.4, 0.5) is 4.39 Å². The number of carbonyl (C=O) groups is 1. The Morgan fingerprint density at radius 3 is 2.79 bits per heavy atom. The molecule has 8 nitrogen and oxygen atoms in total. The molecule has 1 atom stereocenters. The van der Waals surface area contributed by atoms with E-state index < -0.39 is 23.3 Å². The summed E-state index contributed by atoms with van der Waals surface area (Å²) in [6, 6.07) is 13.7. The SMILES string of the molecule is COc1cc2c(s1)-c1ccc(F)cc1Cc1c-2cccc1-c1cc(=O)c([O-])c2n1N[C@@H]1COCCN1C2=O. The van der Waals surface area contributed by atoms with E-state index in [-0.39, 0.29) is 18.1 Å². The molecular weight excluding hydrogens is 509 g/mol. The summed E-state index contributed by atoms with van der Waals surface area (Å²) in [5, 5.41) is 13.6. The number of halogens is 1. The fourth-order valence-corrected chi connectivity index (χ4v) is 6.67. The number of ether oxygens (including phenoxy) is 2. The number of morpholine rings is 1. The molecule has 38 heavy (non-hydrogen) atoms. The Kier molecular flexibility index (Phi) is 5.11. The summed E-state index contributed by atoms with van der Waals surface area (Å²) in [6.07, 6.45) is -0.0910. The van der Waals surface area contributed by atoms with Crippen LogP contribution >= 0.6 is 11.3 Å². The molecular formula is C28H21FN3O5S-. The van der Waals surface area contributed by atoms with Crippen LogP contribution in [-0.2, 0) is 11.2 Å². The summed E-state index contributed by atoms with van der Waals surface area (Å²) >= 11 is 1.48. The van der Waals surface area contributed by atoms with Gasteiger partial charge >= 0.3 is 0 Å². The highest BCUT2D eigenvalue weighted by Crippen LogP contribution is 2.49. The number of fused-ring (bicyclic) bond motifs is 7. The maximum absolute atomic E-state index is 14.4. The summed E-state index contributed by atoms with van der Waals surface area (Å²) < 4.78 is 27.0. The minimum atomic E-state index is -0.851. The van der Waals surface area contributed by atoms with Crippen LogP contribution in [0.2, 0.25) is 0 Å². The highest BCUT2D eigenvalue weighted by molar-refractivity contribution is 7.18. The molecule has 1 N–H and O–H groups in total. The van der Waals surface area contributed by atoms with Crippen molar-refractivity contribution in [3.63, 3.8) is 0 Å². The largest absolute Gasteiger partial charge is 0.868 e. The fraction of sp³-hybridized carbons (Fsp3) is 0.214. The number of carbonyl (C=O) groups excluding carboxylic acids is 1. The Labute approximate surface area is 220 Å². The molecule has 7 rings (SSSR count). The molecule has 10 heteroatoms. The summed E-state index contributed by atoms with van der Waals surface area (Å²) in [5.41, 5.74) is 7.70. The summed E-state index contributed by atoms with van der Waals surface area (Å²) in [7, 11) is 1.61. The lowest BCUT2D eigenvalue weighted by molar-refractivity contribution is -0.271. The van der Waals surface area contributed by atoms with E-state index in [4.69, 9.17) is 9.47 Å². The Balaban J connectivity index is 1.50. The van der Waals surface area contributed by atoms with Crippen molar-refractivity contribution in [3.05, 3.63) is 81.4 Å². The number of hydrogen-bond acceptors (Lipinski definition) is 7. The smallest absolute Gasteiger partial charge is 0.273 e. The molecule has 1 aliphatic carbocycles. The van der Waals surface area contributed by atoms with Crippen LogP contribution < -0.4 is 20.7 Å². The number of aromatic nitrogens is 1. The van der Waals surface area contributed by atoms with E-state index in [9.17, 15) is 19.1 Å². The van der Waals surface area contributed by atoms with Gasteiger partial charge in [-0.2, -0.15) is 0 Å². The van der Waals surface area contributed by atoms with Gasteiger partial charge in [0.05, 0.1) is 26.0 Å². The maximum atomic E-state index is 14.4. The van der Waals surface area contributed by atoms with Crippen LogP contribution in [0.3, 0.4) is 0 Å². The molecule has 192 valence electrons. The van der Waals surface area contributed by atoms with Gasteiger partial charge in [-0.15, -0.1) is 0 Å². The molecule has 2 aromatic carbocycles. The minimum absolute atomic E-state index is 0.221. The van der Waals surface area contributed by atoms with Crippen molar-refractivity contribution in [1.82, 2.24) is 9.58 Å². The predicted molar refractivity (Wildman–Crippen MR) is 139 cm³/mol. The van der Waals surface area contributed by atoms with Gasteiger partial charge in [0.15, 0.2) is 10.5 Å². The van der Waals surface area contributed by atoms with Crippen LogP contribution in [-0.4, -0.2) is 48.5 Å². The normalized spacial score (nSPS) is 17.4. The molecule has 3 aliphatic rings. The summed E-state index contributed by atoms with van der Waals surface area (Å²) in [4.78, 5) is 28.8. The van der Waals surface area contributed by atoms with Crippen molar-refractivity contribution in [2.45, 2.75) is 12.6 Å². The first-order valence-corrected chi connectivity index (χ1v) is 13.0. The van der Waals surface area contributed by atoms with Gasteiger partial charge in [0, 0.05) is 34.7 Å². The molecule has 0 spiro atoms. The van der Waals surface area contributed by atoms with E-state index in [2.05, 4.69) is 5.43 Å². The topological polar surface area (TPSA) is 95.9 Å². The highest BCUT2D eigenvalue weighted by atomic mass is 32.1. The quantitative estimate of drug-likeness (QED) is 0.376. The van der Waals surface area contributed by atoms with Crippen LogP contribution in [0.25, 0.3) is 32.8 Å². The number of methoxy groups -OCH3 is 1. The van der Waals surface area contributed by atoms with Gasteiger partial charge in [-0.05, 0) is 46.6 Å². The standard InChI is InChI=1S/C28H22FN3O5S/c1-36-24-11-20-17-3-2-4-18(19(17)10-14-9-15(29)5-6-16(14)27(20)38-24)21-12-22(33)26(34)25-28(35)31-7-8-37-13-23(31)30-32(21)25/h2-6,9,11-12,23,30,34H,7-8,10,13H2,1H3/p-1/t23-/m0/s1. The lowest BCUT2D eigenvalue weighted by Gasteiger charge is -2.43. The fourth-order valence-electron chi connectivity index (χ4n) is 5.62. The predicted octanol–water partition coefficient (Wildman–Crippen LogP) is 3.39. The molecule has 0 radical (unpaired) electrons. The Morgan fingerprint density at radius 2 is 1.95 bits per heavy atom. The molecule has 4 heterocycles. The van der Waals surface area contributed by atoms with E-state index in [1.807, 2.05) is 24.3 Å². The molecule has 0 saturated carbocycles. The molecule has 0 bridgehead atoms.